The van der Waals surface area contributed by atoms with Gasteiger partial charge in [0.05, 0.1) is 6.10 Å². The van der Waals surface area contributed by atoms with E-state index in [4.69, 9.17) is 9.84 Å². The summed E-state index contributed by atoms with van der Waals surface area (Å²) in [5, 5.41) is 10.7. The number of hydrogen-bond acceptors (Lipinski definition) is 4. The summed E-state index contributed by atoms with van der Waals surface area (Å²) in [6.07, 6.45) is 1.91. The standard InChI is InChI=1S/C13H18BrNO3S/c1-9(12-6-10(14)8-19-12)15-4-2-11(3-5-15)18-7-13(16)17/h6,8-9,11H,2-5,7H2,1H3,(H,16,17). The van der Waals surface area contributed by atoms with Gasteiger partial charge in [0.15, 0.2) is 0 Å². The van der Waals surface area contributed by atoms with Crippen molar-refractivity contribution in [2.24, 2.45) is 0 Å². The number of carbonyl (C=O) groups is 1. The Morgan fingerprint density at radius 2 is 2.32 bits per heavy atom. The maximum Gasteiger partial charge on any atom is 0.329 e. The van der Waals surface area contributed by atoms with E-state index < -0.39 is 5.97 Å². The minimum absolute atomic E-state index is 0.0922. The van der Waals surface area contributed by atoms with Gasteiger partial charge in [0.25, 0.3) is 0 Å². The van der Waals surface area contributed by atoms with Crippen molar-refractivity contribution in [3.05, 3.63) is 20.8 Å². The molecule has 19 heavy (non-hydrogen) atoms. The number of nitrogens with zero attached hydrogens (tertiary/aromatic N) is 1. The van der Waals surface area contributed by atoms with Crippen molar-refractivity contribution in [2.45, 2.75) is 31.9 Å². The molecule has 6 heteroatoms. The largest absolute Gasteiger partial charge is 0.480 e. The van der Waals surface area contributed by atoms with Gasteiger partial charge in [-0.2, -0.15) is 0 Å². The van der Waals surface area contributed by atoms with Crippen LogP contribution in [0.3, 0.4) is 0 Å². The molecule has 1 aromatic rings. The lowest BCUT2D eigenvalue weighted by Crippen LogP contribution is -2.38. The van der Waals surface area contributed by atoms with Crippen molar-refractivity contribution in [3.63, 3.8) is 0 Å². The maximum atomic E-state index is 10.5. The number of aliphatic carboxylic acids is 1. The molecule has 1 aliphatic heterocycles. The molecule has 0 spiro atoms. The SMILES string of the molecule is CC(c1cc(Br)cs1)N1CCC(OCC(=O)O)CC1. The van der Waals surface area contributed by atoms with Gasteiger partial charge in [-0.05, 0) is 41.8 Å². The smallest absolute Gasteiger partial charge is 0.329 e. The van der Waals surface area contributed by atoms with Crippen LogP contribution in [0.5, 0.6) is 0 Å². The molecule has 0 radical (unpaired) electrons. The zero-order valence-corrected chi connectivity index (χ0v) is 13.2. The van der Waals surface area contributed by atoms with E-state index in [0.29, 0.717) is 6.04 Å². The Morgan fingerprint density at radius 3 is 2.84 bits per heavy atom. The molecule has 106 valence electrons. The van der Waals surface area contributed by atoms with Crippen LogP contribution in [0.25, 0.3) is 0 Å². The first-order valence-electron chi connectivity index (χ1n) is 6.37. The molecule has 2 heterocycles. The number of likely N-dealkylation sites (tertiary alicyclic amines) is 1. The van der Waals surface area contributed by atoms with Crippen molar-refractivity contribution < 1.29 is 14.6 Å². The molecular weight excluding hydrogens is 330 g/mol. The quantitative estimate of drug-likeness (QED) is 0.888. The lowest BCUT2D eigenvalue weighted by Gasteiger charge is -2.35. The van der Waals surface area contributed by atoms with Gasteiger partial charge in [-0.1, -0.05) is 0 Å². The number of rotatable bonds is 5. The minimum atomic E-state index is -0.890. The highest BCUT2D eigenvalue weighted by Gasteiger charge is 2.25. The lowest BCUT2D eigenvalue weighted by atomic mass is 10.1. The van der Waals surface area contributed by atoms with Gasteiger partial charge in [0, 0.05) is 33.9 Å². The van der Waals surface area contributed by atoms with Crippen LogP contribution in [0.2, 0.25) is 0 Å². The van der Waals surface area contributed by atoms with E-state index >= 15 is 0 Å². The molecule has 0 aromatic carbocycles. The predicted octanol–water partition coefficient (Wildman–Crippen LogP) is 3.14. The molecule has 1 aromatic heterocycles. The average molecular weight is 348 g/mol. The van der Waals surface area contributed by atoms with Crippen molar-refractivity contribution in [3.8, 4) is 0 Å². The van der Waals surface area contributed by atoms with Crippen LogP contribution in [0, 0.1) is 0 Å². The Labute approximate surface area is 125 Å². The topological polar surface area (TPSA) is 49.8 Å². The van der Waals surface area contributed by atoms with Crippen LogP contribution in [0.4, 0.5) is 0 Å². The summed E-state index contributed by atoms with van der Waals surface area (Å²) in [4.78, 5) is 14.3. The number of piperidine rings is 1. The predicted molar refractivity (Wildman–Crippen MR) is 78.6 cm³/mol. The van der Waals surface area contributed by atoms with Crippen LogP contribution < -0.4 is 0 Å². The summed E-state index contributed by atoms with van der Waals surface area (Å²) in [6, 6.07) is 2.58. The van der Waals surface area contributed by atoms with E-state index in [1.807, 2.05) is 0 Å². The third-order valence-electron chi connectivity index (χ3n) is 3.47. The fourth-order valence-corrected chi connectivity index (χ4v) is 3.88. The Morgan fingerprint density at radius 1 is 1.63 bits per heavy atom. The number of hydrogen-bond donors (Lipinski definition) is 1. The first-order valence-corrected chi connectivity index (χ1v) is 8.05. The van der Waals surface area contributed by atoms with Crippen molar-refractivity contribution >= 4 is 33.2 Å². The fraction of sp³-hybridized carbons (Fsp3) is 0.615. The van der Waals surface area contributed by atoms with Gasteiger partial charge < -0.3 is 9.84 Å². The Kier molecular flexibility index (Phi) is 5.38. The molecule has 4 nitrogen and oxygen atoms in total. The summed E-state index contributed by atoms with van der Waals surface area (Å²) in [7, 11) is 0. The highest BCUT2D eigenvalue weighted by Crippen LogP contribution is 2.31. The highest BCUT2D eigenvalue weighted by atomic mass is 79.9. The molecule has 1 aliphatic rings. The van der Waals surface area contributed by atoms with E-state index in [9.17, 15) is 4.79 Å². The van der Waals surface area contributed by atoms with Gasteiger partial charge in [-0.15, -0.1) is 11.3 Å². The molecule has 2 rings (SSSR count). The summed E-state index contributed by atoms with van der Waals surface area (Å²) in [5.41, 5.74) is 0. The monoisotopic (exact) mass is 347 g/mol. The number of ether oxygens (including phenoxy) is 1. The summed E-state index contributed by atoms with van der Waals surface area (Å²) < 4.78 is 6.49. The van der Waals surface area contributed by atoms with Gasteiger partial charge >= 0.3 is 5.97 Å². The van der Waals surface area contributed by atoms with Crippen LogP contribution in [0.1, 0.15) is 30.7 Å². The number of carboxylic acid groups (broad SMARTS) is 1. The third kappa shape index (κ3) is 4.27. The minimum Gasteiger partial charge on any atom is -0.480 e. The zero-order valence-electron chi connectivity index (χ0n) is 10.8. The van der Waals surface area contributed by atoms with E-state index in [0.717, 1.165) is 30.4 Å². The highest BCUT2D eigenvalue weighted by molar-refractivity contribution is 9.10. The fourth-order valence-electron chi connectivity index (χ4n) is 2.35. The Hall–Kier alpha value is -0.430. The van der Waals surface area contributed by atoms with E-state index in [-0.39, 0.29) is 12.7 Å². The zero-order chi connectivity index (χ0) is 13.8. The van der Waals surface area contributed by atoms with Crippen molar-refractivity contribution in [2.75, 3.05) is 19.7 Å². The van der Waals surface area contributed by atoms with Crippen molar-refractivity contribution in [1.82, 2.24) is 4.90 Å². The molecule has 1 unspecified atom stereocenters. The first-order chi connectivity index (χ1) is 9.06. The molecule has 0 bridgehead atoms. The lowest BCUT2D eigenvalue weighted by molar-refractivity contribution is -0.145. The average Bonchev–Trinajstić information content (AvgIpc) is 2.83. The normalized spacial score (nSPS) is 19.5. The van der Waals surface area contributed by atoms with Crippen molar-refractivity contribution in [1.29, 1.82) is 0 Å². The molecule has 1 fully saturated rings. The van der Waals surface area contributed by atoms with Crippen LogP contribution >= 0.6 is 27.3 Å². The summed E-state index contributed by atoms with van der Waals surface area (Å²) >= 11 is 5.25. The Balaban J connectivity index is 1.81. The molecule has 0 amide bonds. The number of carboxylic acids is 1. The van der Waals surface area contributed by atoms with Gasteiger partial charge in [-0.25, -0.2) is 4.79 Å². The third-order valence-corrected chi connectivity index (χ3v) is 5.33. The number of halogens is 1. The second-order valence-electron chi connectivity index (χ2n) is 4.78. The molecular formula is C13H18BrNO3S. The van der Waals surface area contributed by atoms with E-state index in [2.05, 4.69) is 39.2 Å². The first kappa shape index (κ1) is 15.0. The van der Waals surface area contributed by atoms with Gasteiger partial charge in [-0.3, -0.25) is 4.90 Å². The van der Waals surface area contributed by atoms with E-state index in [1.165, 1.54) is 4.88 Å². The molecule has 0 aliphatic carbocycles. The molecule has 1 N–H and O–H groups in total. The summed E-state index contributed by atoms with van der Waals surface area (Å²) in [6.45, 7) is 3.96. The molecule has 1 saturated heterocycles. The van der Waals surface area contributed by atoms with Crippen LogP contribution in [-0.2, 0) is 9.53 Å². The second kappa shape index (κ2) is 6.83. The van der Waals surface area contributed by atoms with Gasteiger partial charge in [0.2, 0.25) is 0 Å². The number of thiophene rings is 1. The summed E-state index contributed by atoms with van der Waals surface area (Å²) in [5.74, 6) is -0.890. The van der Waals surface area contributed by atoms with Crippen LogP contribution in [0.15, 0.2) is 15.9 Å². The maximum absolute atomic E-state index is 10.5. The van der Waals surface area contributed by atoms with Gasteiger partial charge in [0.1, 0.15) is 6.61 Å². The molecule has 0 saturated carbocycles. The molecule has 1 atom stereocenters. The second-order valence-corrected chi connectivity index (χ2v) is 6.64. The van der Waals surface area contributed by atoms with Crippen LogP contribution in [-0.4, -0.2) is 41.8 Å². The Bertz CT molecular complexity index is 429. The van der Waals surface area contributed by atoms with E-state index in [1.54, 1.807) is 11.3 Å².